The molecule has 0 bridgehead atoms. The molecule has 2 nitrogen and oxygen atoms in total. The first-order valence-corrected chi connectivity index (χ1v) is 11.7. The lowest BCUT2D eigenvalue weighted by atomic mass is 9.75. The summed E-state index contributed by atoms with van der Waals surface area (Å²) < 4.78 is 0. The van der Waals surface area contributed by atoms with Crippen molar-refractivity contribution in [1.29, 1.82) is 0 Å². The number of benzene rings is 4. The predicted octanol–water partition coefficient (Wildman–Crippen LogP) is 7.67. The van der Waals surface area contributed by atoms with E-state index in [9.17, 15) is 9.59 Å². The second kappa shape index (κ2) is 9.84. The first-order valence-electron chi connectivity index (χ1n) is 11.7. The molecule has 0 aliphatic heterocycles. The van der Waals surface area contributed by atoms with E-state index in [-0.39, 0.29) is 23.4 Å². The van der Waals surface area contributed by atoms with Gasteiger partial charge < -0.3 is 0 Å². The Labute approximate surface area is 200 Å². The molecule has 1 aliphatic rings. The lowest BCUT2D eigenvalue weighted by Gasteiger charge is -2.26. The summed E-state index contributed by atoms with van der Waals surface area (Å²) in [5.41, 5.74) is 5.72. The summed E-state index contributed by atoms with van der Waals surface area (Å²) in [4.78, 5) is 26.9. The molecule has 0 unspecified atom stereocenters. The van der Waals surface area contributed by atoms with Crippen LogP contribution in [0.5, 0.6) is 0 Å². The van der Waals surface area contributed by atoms with Crippen molar-refractivity contribution in [1.82, 2.24) is 0 Å². The minimum Gasteiger partial charge on any atom is -0.294 e. The summed E-state index contributed by atoms with van der Waals surface area (Å²) in [6.45, 7) is 0. The lowest BCUT2D eigenvalue weighted by Crippen LogP contribution is -2.31. The third-order valence-corrected chi connectivity index (χ3v) is 6.66. The quantitative estimate of drug-likeness (QED) is 0.227. The molecular weight excluding hydrogens is 416 g/mol. The first-order chi connectivity index (χ1) is 16.7. The van der Waals surface area contributed by atoms with Gasteiger partial charge in [-0.2, -0.15) is 0 Å². The van der Waals surface area contributed by atoms with E-state index >= 15 is 0 Å². The molecule has 0 spiro atoms. The van der Waals surface area contributed by atoms with Crippen molar-refractivity contribution in [2.24, 2.45) is 11.8 Å². The molecule has 0 amide bonds. The highest BCUT2D eigenvalue weighted by atomic mass is 16.1. The molecule has 0 saturated heterocycles. The fourth-order valence-electron chi connectivity index (χ4n) is 4.74. The molecule has 34 heavy (non-hydrogen) atoms. The number of allylic oxidation sites excluding steroid dienone is 2. The molecule has 1 aliphatic carbocycles. The summed E-state index contributed by atoms with van der Waals surface area (Å²) in [5.74, 6) is -0.589. The van der Waals surface area contributed by atoms with Crippen LogP contribution in [0, 0.1) is 11.8 Å². The van der Waals surface area contributed by atoms with Crippen molar-refractivity contribution in [3.8, 4) is 22.3 Å². The minimum atomic E-state index is -0.339. The largest absolute Gasteiger partial charge is 0.294 e. The Hall–Kier alpha value is -4.04. The molecule has 4 aromatic rings. The summed E-state index contributed by atoms with van der Waals surface area (Å²) in [6, 6.07) is 35.7. The van der Waals surface area contributed by atoms with Gasteiger partial charge in [0.1, 0.15) is 0 Å². The number of Topliss-reactive ketones (excluding diaryl/α,β-unsaturated/α-hetero) is 2. The molecule has 0 fully saturated rings. The Bertz CT molecular complexity index is 1200. The van der Waals surface area contributed by atoms with Crippen LogP contribution in [-0.2, 0) is 0 Å². The van der Waals surface area contributed by atoms with Crippen LogP contribution in [0.4, 0.5) is 0 Å². The molecule has 0 N–H and O–H groups in total. The van der Waals surface area contributed by atoms with Gasteiger partial charge in [0.2, 0.25) is 0 Å². The monoisotopic (exact) mass is 442 g/mol. The fourth-order valence-corrected chi connectivity index (χ4v) is 4.74. The highest BCUT2D eigenvalue weighted by Crippen LogP contribution is 2.33. The SMILES string of the molecule is O=C(c1ccc(-c2ccccc2)cc1)[C@@H]1CC=CC[C@H]1C(=O)c1ccc(-c2ccccc2)cc1. The maximum Gasteiger partial charge on any atom is 0.166 e. The Morgan fingerprint density at radius 2 is 0.765 bits per heavy atom. The van der Waals surface area contributed by atoms with Crippen molar-refractivity contribution in [2.75, 3.05) is 0 Å². The summed E-state index contributed by atoms with van der Waals surface area (Å²) in [5, 5.41) is 0. The van der Waals surface area contributed by atoms with Crippen molar-refractivity contribution in [3.05, 3.63) is 132 Å². The molecule has 2 atom stereocenters. The molecule has 0 saturated carbocycles. The number of carbonyl (C=O) groups excluding carboxylic acids is 2. The van der Waals surface area contributed by atoms with E-state index in [0.717, 1.165) is 22.3 Å². The smallest absolute Gasteiger partial charge is 0.166 e. The maximum absolute atomic E-state index is 13.4. The van der Waals surface area contributed by atoms with Crippen LogP contribution in [0.15, 0.2) is 121 Å². The Balaban J connectivity index is 1.35. The van der Waals surface area contributed by atoms with Gasteiger partial charge in [-0.05, 0) is 35.1 Å². The van der Waals surface area contributed by atoms with Crippen molar-refractivity contribution in [2.45, 2.75) is 12.8 Å². The normalized spacial score (nSPS) is 17.3. The van der Waals surface area contributed by atoms with Gasteiger partial charge in [-0.25, -0.2) is 0 Å². The van der Waals surface area contributed by atoms with Crippen molar-refractivity contribution >= 4 is 11.6 Å². The molecule has 0 heterocycles. The zero-order chi connectivity index (χ0) is 23.3. The van der Waals surface area contributed by atoms with Gasteiger partial charge in [-0.3, -0.25) is 9.59 Å². The Kier molecular flexibility index (Phi) is 6.31. The second-order valence-electron chi connectivity index (χ2n) is 8.77. The van der Waals surface area contributed by atoms with E-state index in [1.807, 2.05) is 97.1 Å². The number of ketones is 2. The minimum absolute atomic E-state index is 0.0446. The molecule has 2 heteroatoms. The molecule has 166 valence electrons. The van der Waals surface area contributed by atoms with Crippen LogP contribution < -0.4 is 0 Å². The summed E-state index contributed by atoms with van der Waals surface area (Å²) >= 11 is 0. The van der Waals surface area contributed by atoms with Crippen LogP contribution in [0.3, 0.4) is 0 Å². The van der Waals surface area contributed by atoms with Crippen LogP contribution in [0.25, 0.3) is 22.3 Å². The second-order valence-corrected chi connectivity index (χ2v) is 8.77. The number of rotatable bonds is 6. The highest BCUT2D eigenvalue weighted by molar-refractivity contribution is 6.05. The zero-order valence-corrected chi connectivity index (χ0v) is 18.9. The highest BCUT2D eigenvalue weighted by Gasteiger charge is 2.34. The van der Waals surface area contributed by atoms with Gasteiger partial charge in [0.25, 0.3) is 0 Å². The van der Waals surface area contributed by atoms with Gasteiger partial charge in [0, 0.05) is 23.0 Å². The summed E-state index contributed by atoms with van der Waals surface area (Å²) in [7, 11) is 0. The van der Waals surface area contributed by atoms with Crippen LogP contribution in [-0.4, -0.2) is 11.6 Å². The van der Waals surface area contributed by atoms with Gasteiger partial charge in [0.15, 0.2) is 11.6 Å². The van der Waals surface area contributed by atoms with Crippen molar-refractivity contribution in [3.63, 3.8) is 0 Å². The first kappa shape index (κ1) is 21.8. The Morgan fingerprint density at radius 1 is 0.441 bits per heavy atom. The molecule has 0 aromatic heterocycles. The van der Waals surface area contributed by atoms with E-state index in [1.165, 1.54) is 0 Å². The van der Waals surface area contributed by atoms with Gasteiger partial charge >= 0.3 is 0 Å². The maximum atomic E-state index is 13.4. The average molecular weight is 443 g/mol. The Morgan fingerprint density at radius 3 is 1.12 bits per heavy atom. The lowest BCUT2D eigenvalue weighted by molar-refractivity contribution is 0.0761. The van der Waals surface area contributed by atoms with Crippen LogP contribution >= 0.6 is 0 Å². The number of hydrogen-bond donors (Lipinski definition) is 0. The van der Waals surface area contributed by atoms with Crippen LogP contribution in [0.2, 0.25) is 0 Å². The predicted molar refractivity (Wildman–Crippen MR) is 138 cm³/mol. The third kappa shape index (κ3) is 4.53. The fraction of sp³-hybridized carbons (Fsp3) is 0.125. The topological polar surface area (TPSA) is 34.1 Å². The zero-order valence-electron chi connectivity index (χ0n) is 18.9. The van der Waals surface area contributed by atoms with Crippen molar-refractivity contribution < 1.29 is 9.59 Å². The summed E-state index contributed by atoms with van der Waals surface area (Å²) in [6.07, 6.45) is 5.25. The number of hydrogen-bond acceptors (Lipinski definition) is 2. The molecular formula is C32H26O2. The van der Waals surface area contributed by atoms with Gasteiger partial charge in [-0.15, -0.1) is 0 Å². The van der Waals surface area contributed by atoms with Gasteiger partial charge in [-0.1, -0.05) is 121 Å². The van der Waals surface area contributed by atoms with E-state index in [0.29, 0.717) is 24.0 Å². The van der Waals surface area contributed by atoms with Gasteiger partial charge in [0.05, 0.1) is 0 Å². The molecule has 4 aromatic carbocycles. The standard InChI is InChI=1S/C32H26O2/c33-31(27-19-15-25(16-20-27)23-9-3-1-4-10-23)29-13-7-8-14-30(29)32(34)28-21-17-26(18-22-28)24-11-5-2-6-12-24/h1-12,15-22,29-30H,13-14H2/t29-,30-/m1/s1. The third-order valence-electron chi connectivity index (χ3n) is 6.66. The van der Waals surface area contributed by atoms with E-state index in [2.05, 4.69) is 24.3 Å². The molecule has 0 radical (unpaired) electrons. The van der Waals surface area contributed by atoms with E-state index in [1.54, 1.807) is 0 Å². The molecule has 5 rings (SSSR count). The van der Waals surface area contributed by atoms with E-state index in [4.69, 9.17) is 0 Å². The van der Waals surface area contributed by atoms with E-state index < -0.39 is 0 Å². The number of carbonyl (C=O) groups is 2. The van der Waals surface area contributed by atoms with Crippen LogP contribution in [0.1, 0.15) is 33.6 Å². The average Bonchev–Trinajstić information content (AvgIpc) is 2.93.